The summed E-state index contributed by atoms with van der Waals surface area (Å²) < 4.78 is 24.3. The van der Waals surface area contributed by atoms with Crippen LogP contribution in [0.2, 0.25) is 0 Å². The van der Waals surface area contributed by atoms with Crippen LogP contribution < -0.4 is 16.0 Å². The van der Waals surface area contributed by atoms with Crippen molar-refractivity contribution in [1.82, 2.24) is 34.5 Å². The van der Waals surface area contributed by atoms with Crippen molar-refractivity contribution < 1.29 is 8.42 Å². The normalized spacial score (nSPS) is 13.8. The molecule has 5 rings (SSSR count). The molecule has 12 nitrogen and oxygen atoms in total. The number of rotatable bonds is 7. The van der Waals surface area contributed by atoms with Gasteiger partial charge in [-0.05, 0) is 38.8 Å². The van der Waals surface area contributed by atoms with E-state index in [0.717, 1.165) is 29.8 Å². The van der Waals surface area contributed by atoms with E-state index in [-0.39, 0.29) is 22.8 Å². The van der Waals surface area contributed by atoms with Gasteiger partial charge in [0.25, 0.3) is 5.56 Å². The Morgan fingerprint density at radius 2 is 1.91 bits per heavy atom. The minimum atomic E-state index is -3.83. The molecule has 0 radical (unpaired) electrons. The zero-order chi connectivity index (χ0) is 24.7. The maximum atomic E-state index is 13.2. The Kier molecular flexibility index (Phi) is 5.73. The highest BCUT2D eigenvalue weighted by Gasteiger charge is 2.30. The van der Waals surface area contributed by atoms with Gasteiger partial charge in [-0.15, -0.1) is 0 Å². The van der Waals surface area contributed by atoms with Crippen molar-refractivity contribution in [3.8, 4) is 11.4 Å². The molecule has 1 aliphatic carbocycles. The second kappa shape index (κ2) is 8.74. The summed E-state index contributed by atoms with van der Waals surface area (Å²) in [4.78, 5) is 39.6. The maximum absolute atomic E-state index is 13.2. The molecule has 1 fully saturated rings. The molecule has 4 heterocycles. The third-order valence-corrected chi connectivity index (χ3v) is 6.72. The lowest BCUT2D eigenvalue weighted by Gasteiger charge is -2.13. The number of hydrogen-bond donors (Lipinski definition) is 2. The Morgan fingerprint density at radius 3 is 2.57 bits per heavy atom. The van der Waals surface area contributed by atoms with E-state index in [1.807, 2.05) is 13.8 Å². The molecule has 0 amide bonds. The third kappa shape index (κ3) is 4.47. The summed E-state index contributed by atoms with van der Waals surface area (Å²) in [6, 6.07) is 2.88. The van der Waals surface area contributed by atoms with E-state index in [9.17, 15) is 13.2 Å². The van der Waals surface area contributed by atoms with Crippen LogP contribution in [0, 0.1) is 6.92 Å². The van der Waals surface area contributed by atoms with Gasteiger partial charge in [-0.25, -0.2) is 38.5 Å². The minimum absolute atomic E-state index is 0.0877. The number of pyridine rings is 1. The number of fused-ring (bicyclic) bond motifs is 1. The Hall–Kier alpha value is -3.84. The summed E-state index contributed by atoms with van der Waals surface area (Å²) in [7, 11) is -3.83. The van der Waals surface area contributed by atoms with Gasteiger partial charge in [-0.1, -0.05) is 0 Å². The summed E-state index contributed by atoms with van der Waals surface area (Å²) in [5.41, 5.74) is 3.60. The topological polar surface area (TPSA) is 172 Å². The number of primary sulfonamides is 1. The Bertz CT molecular complexity index is 1600. The van der Waals surface area contributed by atoms with E-state index in [0.29, 0.717) is 35.1 Å². The monoisotopic (exact) mass is 493 g/mol. The number of nitrogens with zero attached hydrogens (tertiary/aromatic N) is 7. The van der Waals surface area contributed by atoms with Gasteiger partial charge in [-0.2, -0.15) is 0 Å². The summed E-state index contributed by atoms with van der Waals surface area (Å²) in [5.74, 6) is 0.975. The van der Waals surface area contributed by atoms with Crippen LogP contribution in [0.25, 0.3) is 22.6 Å². The zero-order valence-electron chi connectivity index (χ0n) is 19.1. The van der Waals surface area contributed by atoms with Crippen LogP contribution in [0.3, 0.4) is 0 Å². The molecular weight excluding hydrogens is 470 g/mol. The van der Waals surface area contributed by atoms with Gasteiger partial charge in [0.05, 0.1) is 35.4 Å². The van der Waals surface area contributed by atoms with Crippen molar-refractivity contribution in [3.63, 3.8) is 0 Å². The van der Waals surface area contributed by atoms with E-state index in [1.54, 1.807) is 12.5 Å². The van der Waals surface area contributed by atoms with E-state index in [4.69, 9.17) is 10.1 Å². The number of sulfonamides is 1. The highest BCUT2D eigenvalue weighted by molar-refractivity contribution is 7.89. The molecular formula is C22H23N9O3S. The highest BCUT2D eigenvalue weighted by atomic mass is 32.2. The lowest BCUT2D eigenvalue weighted by Crippen LogP contribution is -2.26. The molecule has 180 valence electrons. The van der Waals surface area contributed by atoms with Crippen molar-refractivity contribution in [3.05, 3.63) is 58.3 Å². The molecule has 0 saturated heterocycles. The minimum Gasteiger partial charge on any atom is -0.360 e. The number of hydrogen-bond acceptors (Lipinski definition) is 10. The van der Waals surface area contributed by atoms with Crippen molar-refractivity contribution in [2.45, 2.75) is 50.6 Å². The fourth-order valence-electron chi connectivity index (χ4n) is 3.86. The number of aromatic nitrogens is 7. The first-order valence-corrected chi connectivity index (χ1v) is 12.6. The second-order valence-electron chi connectivity index (χ2n) is 8.29. The van der Waals surface area contributed by atoms with Crippen molar-refractivity contribution in [1.29, 1.82) is 0 Å². The van der Waals surface area contributed by atoms with Crippen LogP contribution >= 0.6 is 0 Å². The predicted molar refractivity (Wildman–Crippen MR) is 128 cm³/mol. The summed E-state index contributed by atoms with van der Waals surface area (Å²) in [6.07, 6.45) is 6.48. The van der Waals surface area contributed by atoms with E-state index >= 15 is 0 Å². The van der Waals surface area contributed by atoms with Gasteiger partial charge in [-0.3, -0.25) is 14.3 Å². The van der Waals surface area contributed by atoms with Crippen molar-refractivity contribution in [2.75, 3.05) is 5.32 Å². The molecule has 0 aliphatic heterocycles. The second-order valence-corrected chi connectivity index (χ2v) is 9.85. The van der Waals surface area contributed by atoms with Gasteiger partial charge in [0.2, 0.25) is 10.0 Å². The Balaban J connectivity index is 1.50. The molecule has 4 aromatic rings. The Labute approximate surface area is 200 Å². The third-order valence-electron chi connectivity index (χ3n) is 5.82. The number of nitrogens with two attached hydrogens (primary N) is 1. The van der Waals surface area contributed by atoms with Crippen LogP contribution in [0.15, 0.2) is 40.5 Å². The average molecular weight is 494 g/mol. The molecule has 0 bridgehead atoms. The first-order chi connectivity index (χ1) is 16.8. The van der Waals surface area contributed by atoms with E-state index < -0.39 is 10.0 Å². The average Bonchev–Trinajstić information content (AvgIpc) is 3.68. The lowest BCUT2D eigenvalue weighted by atomic mass is 10.1. The fraction of sp³-hybridized carbons (Fsp3) is 0.318. The van der Waals surface area contributed by atoms with Gasteiger partial charge >= 0.3 is 0 Å². The number of anilines is 1. The molecule has 1 aliphatic rings. The van der Waals surface area contributed by atoms with Crippen LogP contribution in [0.4, 0.5) is 5.82 Å². The molecule has 35 heavy (non-hydrogen) atoms. The molecule has 0 aromatic carbocycles. The molecule has 13 heteroatoms. The summed E-state index contributed by atoms with van der Waals surface area (Å²) in [5, 5.41) is 8.08. The van der Waals surface area contributed by atoms with Gasteiger partial charge in [0, 0.05) is 18.7 Å². The van der Waals surface area contributed by atoms with Gasteiger partial charge in [0.1, 0.15) is 16.7 Å². The van der Waals surface area contributed by atoms with Gasteiger partial charge in [0.15, 0.2) is 17.3 Å². The quantitative estimate of drug-likeness (QED) is 0.384. The standard InChI is InChI=1S/C22H23N9O3S/c1-3-31-21-16(10-26-19(30-21)17-12(2)27-11-28-18(17)13-4-5-13)29-20(22(31)32)25-8-14-6-7-15(9-24-14)35(23,33)34/h6-7,9-11,13H,3-5,8H2,1-2H3,(H,25,29)(H2,23,33,34). The highest BCUT2D eigenvalue weighted by Crippen LogP contribution is 2.43. The van der Waals surface area contributed by atoms with E-state index in [1.165, 1.54) is 22.9 Å². The largest absolute Gasteiger partial charge is 0.360 e. The zero-order valence-corrected chi connectivity index (χ0v) is 19.9. The van der Waals surface area contributed by atoms with Crippen molar-refractivity contribution >= 4 is 27.0 Å². The summed E-state index contributed by atoms with van der Waals surface area (Å²) in [6.45, 7) is 4.29. The smallest absolute Gasteiger partial charge is 0.294 e. The first-order valence-electron chi connectivity index (χ1n) is 11.1. The van der Waals surface area contributed by atoms with Crippen LogP contribution in [0.5, 0.6) is 0 Å². The van der Waals surface area contributed by atoms with Crippen molar-refractivity contribution in [2.24, 2.45) is 5.14 Å². The molecule has 1 saturated carbocycles. The van der Waals surface area contributed by atoms with E-state index in [2.05, 4.69) is 30.2 Å². The SMILES string of the molecule is CCn1c(=O)c(NCc2ccc(S(N)(=O)=O)cn2)nc2cnc(-c3c(C)ncnc3C3CC3)nc21. The number of nitrogens with one attached hydrogen (secondary N) is 1. The molecule has 0 atom stereocenters. The van der Waals surface area contributed by atoms with Gasteiger partial charge < -0.3 is 5.32 Å². The molecule has 3 N–H and O–H groups in total. The lowest BCUT2D eigenvalue weighted by molar-refractivity contribution is 0.597. The van der Waals surface area contributed by atoms with Crippen LogP contribution in [-0.2, 0) is 23.1 Å². The molecule has 0 unspecified atom stereocenters. The summed E-state index contributed by atoms with van der Waals surface area (Å²) >= 11 is 0. The molecule has 0 spiro atoms. The fourth-order valence-corrected chi connectivity index (χ4v) is 4.32. The Morgan fingerprint density at radius 1 is 1.11 bits per heavy atom. The molecule has 4 aromatic heterocycles. The van der Waals surface area contributed by atoms with Crippen LogP contribution in [-0.4, -0.2) is 42.9 Å². The number of aryl methyl sites for hydroxylation is 2. The first kappa shape index (κ1) is 22.9. The maximum Gasteiger partial charge on any atom is 0.294 e. The predicted octanol–water partition coefficient (Wildman–Crippen LogP) is 1.50. The van der Waals surface area contributed by atoms with Crippen LogP contribution in [0.1, 0.15) is 42.8 Å².